The van der Waals surface area contributed by atoms with E-state index in [-0.39, 0.29) is 27.7 Å². The molecule has 1 amide bonds. The van der Waals surface area contributed by atoms with Crippen LogP contribution in [0.5, 0.6) is 11.5 Å². The second-order valence-electron chi connectivity index (χ2n) is 8.71. The van der Waals surface area contributed by atoms with Crippen molar-refractivity contribution in [3.8, 4) is 11.5 Å². The van der Waals surface area contributed by atoms with Gasteiger partial charge in [0.05, 0.1) is 30.2 Å². The Balaban J connectivity index is 1.71. The van der Waals surface area contributed by atoms with E-state index in [0.717, 1.165) is 12.8 Å². The van der Waals surface area contributed by atoms with Gasteiger partial charge in [-0.3, -0.25) is 14.5 Å². The van der Waals surface area contributed by atoms with Crippen LogP contribution in [-0.4, -0.2) is 19.1 Å². The number of benzene rings is 3. The molecule has 37 heavy (non-hydrogen) atoms. The molecule has 0 saturated heterocycles. The number of ether oxygens (including phenoxy) is 2. The largest absolute Gasteiger partial charge is 0.490 e. The van der Waals surface area contributed by atoms with Gasteiger partial charge >= 0.3 is 0 Å². The van der Waals surface area contributed by atoms with Gasteiger partial charge in [-0.2, -0.15) is 0 Å². The number of halogens is 2. The van der Waals surface area contributed by atoms with Crippen molar-refractivity contribution in [2.45, 2.75) is 32.7 Å². The van der Waals surface area contributed by atoms with Crippen molar-refractivity contribution in [2.75, 3.05) is 18.1 Å². The molecule has 3 aromatic carbocycles. The van der Waals surface area contributed by atoms with Gasteiger partial charge in [-0.15, -0.1) is 0 Å². The lowest BCUT2D eigenvalue weighted by Crippen LogP contribution is -2.29. The summed E-state index contributed by atoms with van der Waals surface area (Å²) in [5.41, 5.74) is 1.13. The summed E-state index contributed by atoms with van der Waals surface area (Å²) in [5.74, 6) is 0.0851. The van der Waals surface area contributed by atoms with Crippen LogP contribution in [-0.2, 0) is 0 Å². The number of anilines is 1. The molecule has 0 bridgehead atoms. The van der Waals surface area contributed by atoms with Gasteiger partial charge in [0.1, 0.15) is 11.4 Å². The fourth-order valence-corrected chi connectivity index (χ4v) is 4.71. The lowest BCUT2D eigenvalue weighted by atomic mass is 9.97. The SMILES string of the molecule is CCCCOc1ccc(C2c3c(oc4ccc(Cl)cc4c3=O)C(=O)N2c2ccc(F)cc2)cc1OCC. The fourth-order valence-electron chi connectivity index (χ4n) is 4.54. The Hall–Kier alpha value is -3.84. The first-order chi connectivity index (χ1) is 17.9. The average Bonchev–Trinajstić information content (AvgIpc) is 3.18. The molecule has 1 aliphatic rings. The van der Waals surface area contributed by atoms with Crippen molar-refractivity contribution in [3.05, 3.63) is 98.6 Å². The quantitative estimate of drug-likeness (QED) is 0.236. The maximum absolute atomic E-state index is 13.8. The highest BCUT2D eigenvalue weighted by atomic mass is 35.5. The van der Waals surface area contributed by atoms with Crippen molar-refractivity contribution >= 4 is 34.2 Å². The summed E-state index contributed by atoms with van der Waals surface area (Å²) in [5, 5.41) is 0.651. The fraction of sp³-hybridized carbons (Fsp3) is 0.241. The van der Waals surface area contributed by atoms with Gasteiger partial charge in [-0.05, 0) is 73.5 Å². The van der Waals surface area contributed by atoms with Crippen LogP contribution in [0.4, 0.5) is 10.1 Å². The number of fused-ring (bicyclic) bond motifs is 2. The van der Waals surface area contributed by atoms with Crippen LogP contribution in [0.2, 0.25) is 5.02 Å². The molecule has 8 heteroatoms. The van der Waals surface area contributed by atoms with Crippen molar-refractivity contribution < 1.29 is 23.1 Å². The normalized spacial score (nSPS) is 14.8. The van der Waals surface area contributed by atoms with E-state index < -0.39 is 17.8 Å². The summed E-state index contributed by atoms with van der Waals surface area (Å²) >= 11 is 6.16. The standard InChI is InChI=1S/C29H25ClFNO5/c1-3-5-14-36-23-12-6-17(15-24(23)35-4-2)26-25-27(33)21-16-18(30)7-13-22(21)37-28(25)29(34)32(26)20-10-8-19(31)9-11-20/h6-13,15-16,26H,3-5,14H2,1-2H3. The van der Waals surface area contributed by atoms with Crippen LogP contribution in [0.15, 0.2) is 69.9 Å². The zero-order chi connectivity index (χ0) is 26.1. The van der Waals surface area contributed by atoms with Crippen LogP contribution >= 0.6 is 11.6 Å². The summed E-state index contributed by atoms with van der Waals surface area (Å²) in [6.07, 6.45) is 1.89. The van der Waals surface area contributed by atoms with Crippen LogP contribution in [0.3, 0.4) is 0 Å². The molecule has 1 unspecified atom stereocenters. The number of hydrogen-bond donors (Lipinski definition) is 0. The summed E-state index contributed by atoms with van der Waals surface area (Å²) in [6.45, 7) is 4.89. The molecule has 0 N–H and O–H groups in total. The van der Waals surface area contributed by atoms with E-state index >= 15 is 0 Å². The zero-order valence-electron chi connectivity index (χ0n) is 20.4. The third kappa shape index (κ3) is 4.55. The van der Waals surface area contributed by atoms with Crippen molar-refractivity contribution in [1.82, 2.24) is 0 Å². The number of amides is 1. The van der Waals surface area contributed by atoms with E-state index in [9.17, 15) is 14.0 Å². The highest BCUT2D eigenvalue weighted by Gasteiger charge is 2.44. The van der Waals surface area contributed by atoms with E-state index in [2.05, 4.69) is 6.92 Å². The number of nitrogens with zero attached hydrogens (tertiary/aromatic N) is 1. The van der Waals surface area contributed by atoms with E-state index in [1.165, 1.54) is 35.2 Å². The van der Waals surface area contributed by atoms with Gasteiger partial charge in [0, 0.05) is 10.7 Å². The molecular weight excluding hydrogens is 497 g/mol. The van der Waals surface area contributed by atoms with Crippen LogP contribution < -0.4 is 19.8 Å². The maximum Gasteiger partial charge on any atom is 0.295 e. The minimum atomic E-state index is -0.837. The van der Waals surface area contributed by atoms with Crippen LogP contribution in [0.1, 0.15) is 54.4 Å². The first-order valence-electron chi connectivity index (χ1n) is 12.2. The van der Waals surface area contributed by atoms with Gasteiger partial charge in [-0.1, -0.05) is 31.0 Å². The maximum atomic E-state index is 13.8. The molecule has 0 saturated carbocycles. The Bertz CT molecular complexity index is 1530. The summed E-state index contributed by atoms with van der Waals surface area (Å²) in [4.78, 5) is 28.9. The molecule has 4 aromatic rings. The van der Waals surface area contributed by atoms with E-state index in [1.54, 1.807) is 30.3 Å². The Labute approximate surface area is 218 Å². The number of rotatable bonds is 8. The third-order valence-electron chi connectivity index (χ3n) is 6.28. The molecule has 1 aromatic heterocycles. The molecule has 5 rings (SSSR count). The van der Waals surface area contributed by atoms with Crippen molar-refractivity contribution in [1.29, 1.82) is 0 Å². The van der Waals surface area contributed by atoms with Crippen molar-refractivity contribution in [2.24, 2.45) is 0 Å². The molecule has 0 fully saturated rings. The molecule has 1 aliphatic heterocycles. The second kappa shape index (κ2) is 10.3. The minimum Gasteiger partial charge on any atom is -0.490 e. The van der Waals surface area contributed by atoms with E-state index in [4.69, 9.17) is 25.5 Å². The Kier molecular flexibility index (Phi) is 6.89. The topological polar surface area (TPSA) is 69.0 Å². The molecule has 190 valence electrons. The first-order valence-corrected chi connectivity index (χ1v) is 12.6. The second-order valence-corrected chi connectivity index (χ2v) is 9.15. The molecule has 0 aliphatic carbocycles. The number of hydrogen-bond acceptors (Lipinski definition) is 5. The lowest BCUT2D eigenvalue weighted by Gasteiger charge is -2.26. The highest BCUT2D eigenvalue weighted by molar-refractivity contribution is 6.31. The Morgan fingerprint density at radius 2 is 1.76 bits per heavy atom. The van der Waals surface area contributed by atoms with E-state index in [1.807, 2.05) is 6.92 Å². The molecule has 0 radical (unpaired) electrons. The molecule has 1 atom stereocenters. The monoisotopic (exact) mass is 521 g/mol. The van der Waals surface area contributed by atoms with Gasteiger partial charge in [0.2, 0.25) is 5.76 Å². The minimum absolute atomic E-state index is 0.0598. The number of unbranched alkanes of at least 4 members (excludes halogenated alkanes) is 1. The molecule has 0 spiro atoms. The van der Waals surface area contributed by atoms with E-state index in [0.29, 0.717) is 41.0 Å². The average molecular weight is 522 g/mol. The van der Waals surface area contributed by atoms with Crippen LogP contribution in [0, 0.1) is 5.82 Å². The van der Waals surface area contributed by atoms with Gasteiger partial charge in [0.25, 0.3) is 5.91 Å². The predicted octanol–water partition coefficient (Wildman–Crippen LogP) is 6.91. The first kappa shape index (κ1) is 24.8. The smallest absolute Gasteiger partial charge is 0.295 e. The molecular formula is C29H25ClFNO5. The zero-order valence-corrected chi connectivity index (χ0v) is 21.2. The summed E-state index contributed by atoms with van der Waals surface area (Å²) in [7, 11) is 0. The number of carbonyl (C=O) groups is 1. The molecule has 6 nitrogen and oxygen atoms in total. The Morgan fingerprint density at radius 1 is 0.973 bits per heavy atom. The summed E-state index contributed by atoms with van der Waals surface area (Å²) < 4.78 is 31.5. The predicted molar refractivity (Wildman–Crippen MR) is 141 cm³/mol. The third-order valence-corrected chi connectivity index (χ3v) is 6.51. The van der Waals surface area contributed by atoms with Gasteiger partial charge in [0.15, 0.2) is 16.9 Å². The van der Waals surface area contributed by atoms with Crippen molar-refractivity contribution in [3.63, 3.8) is 0 Å². The highest BCUT2D eigenvalue weighted by Crippen LogP contribution is 2.43. The summed E-state index contributed by atoms with van der Waals surface area (Å²) in [6, 6.07) is 14.7. The number of carbonyl (C=O) groups excluding carboxylic acids is 1. The Morgan fingerprint density at radius 3 is 2.49 bits per heavy atom. The lowest BCUT2D eigenvalue weighted by molar-refractivity contribution is 0.0971. The van der Waals surface area contributed by atoms with Gasteiger partial charge < -0.3 is 13.9 Å². The molecule has 2 heterocycles. The van der Waals surface area contributed by atoms with Crippen LogP contribution in [0.25, 0.3) is 11.0 Å². The van der Waals surface area contributed by atoms with Gasteiger partial charge in [-0.25, -0.2) is 4.39 Å².